The Kier molecular flexibility index (Phi) is 30.0. The lowest BCUT2D eigenvalue weighted by molar-refractivity contribution is -0.150. The average Bonchev–Trinajstić information content (AvgIpc) is 3.12. The first-order valence-corrected chi connectivity index (χ1v) is 22.6. The Morgan fingerprint density at radius 2 is 0.755 bits per heavy atom. The quantitative estimate of drug-likeness (QED) is 0.0388. The Labute approximate surface area is 315 Å². The maximum Gasteiger partial charge on any atom is 0.317 e. The molecular weight excluding hydrogens is 664 g/mol. The van der Waals surface area contributed by atoms with E-state index in [0.29, 0.717) is 0 Å². The molecule has 1 unspecified atom stereocenters. The van der Waals surface area contributed by atoms with Gasteiger partial charge in [0.1, 0.15) is 5.41 Å². The topological polar surface area (TPSA) is 26.3 Å². The fraction of sp³-hybridized carbons (Fsp3) is 0.848. The number of ether oxygens (including phenoxy) is 1. The van der Waals surface area contributed by atoms with E-state index in [0.717, 1.165) is 31.2 Å². The maximum absolute atomic E-state index is 14.3. The van der Waals surface area contributed by atoms with Crippen LogP contribution in [0.15, 0.2) is 30.3 Å². The van der Waals surface area contributed by atoms with Gasteiger partial charge in [-0.25, -0.2) is 0 Å². The lowest BCUT2D eigenvalue weighted by Crippen LogP contribution is -2.53. The minimum Gasteiger partial charge on any atom is -0.468 e. The summed E-state index contributed by atoms with van der Waals surface area (Å²) in [5, 5.41) is 0. The van der Waals surface area contributed by atoms with Crippen LogP contribution in [0, 0.1) is 0 Å². The number of rotatable bonds is 36. The molecule has 0 N–H and O–H groups in total. The Bertz CT molecular complexity index is 830. The summed E-state index contributed by atoms with van der Waals surface area (Å²) in [6, 6.07) is 10.8. The van der Waals surface area contributed by atoms with Crippen molar-refractivity contribution >= 4 is 21.9 Å². The molecule has 0 fully saturated rings. The highest BCUT2D eigenvalue weighted by Gasteiger charge is 2.55. The molecule has 0 heterocycles. The van der Waals surface area contributed by atoms with E-state index >= 15 is 0 Å². The van der Waals surface area contributed by atoms with E-state index in [4.69, 9.17) is 4.74 Å². The molecule has 3 heteroatoms. The van der Waals surface area contributed by atoms with E-state index in [9.17, 15) is 4.79 Å². The molecule has 0 aliphatic heterocycles. The third-order valence-electron chi connectivity index (χ3n) is 11.3. The van der Waals surface area contributed by atoms with Crippen LogP contribution in [0.4, 0.5) is 0 Å². The fourth-order valence-electron chi connectivity index (χ4n) is 8.14. The second kappa shape index (κ2) is 31.9. The highest BCUT2D eigenvalue weighted by atomic mass is 79.9. The van der Waals surface area contributed by atoms with E-state index in [-0.39, 0.29) is 10.3 Å². The van der Waals surface area contributed by atoms with Gasteiger partial charge in [-0.15, -0.1) is 0 Å². The lowest BCUT2D eigenvalue weighted by atomic mass is 9.63. The van der Waals surface area contributed by atoms with Crippen molar-refractivity contribution in [3.05, 3.63) is 35.9 Å². The van der Waals surface area contributed by atoms with Gasteiger partial charge in [0.15, 0.2) is 0 Å². The van der Waals surface area contributed by atoms with Crippen molar-refractivity contribution in [3.8, 4) is 0 Å². The predicted molar refractivity (Wildman–Crippen MR) is 221 cm³/mol. The van der Waals surface area contributed by atoms with Gasteiger partial charge in [-0.2, -0.15) is 0 Å². The van der Waals surface area contributed by atoms with Crippen molar-refractivity contribution in [2.24, 2.45) is 0 Å². The highest BCUT2D eigenvalue weighted by molar-refractivity contribution is 9.10. The monoisotopic (exact) mass is 747 g/mol. The first kappa shape index (κ1) is 46.2. The number of halogens is 1. The number of hydrogen-bond donors (Lipinski definition) is 0. The van der Waals surface area contributed by atoms with Gasteiger partial charge in [0.05, 0.1) is 7.11 Å². The molecule has 0 aliphatic carbocycles. The standard InChI is InChI=1S/C46H83BrO2/c1-5-8-11-14-17-20-23-26-29-35-40-45(47,41-36-30-27-24-21-18-15-12-9-6-2)46(44(48)49-4,43-38-33-32-34-39-43)42-37-31-28-25-22-19-16-13-10-7-3/h32-34,38-39H,5-31,35-37,40-42H2,1-4H3. The number of hydrogen-bond acceptors (Lipinski definition) is 2. The number of unbranched alkanes of at least 4 members (excludes halogenated alkanes) is 27. The molecule has 0 radical (unpaired) electrons. The fourth-order valence-corrected chi connectivity index (χ4v) is 9.29. The molecule has 2 nitrogen and oxygen atoms in total. The molecule has 0 aliphatic rings. The summed E-state index contributed by atoms with van der Waals surface area (Å²) in [6.45, 7) is 6.88. The van der Waals surface area contributed by atoms with Crippen molar-refractivity contribution in [1.29, 1.82) is 0 Å². The summed E-state index contributed by atoms with van der Waals surface area (Å²) in [4.78, 5) is 14.3. The van der Waals surface area contributed by atoms with Crippen LogP contribution in [0.25, 0.3) is 0 Å². The van der Waals surface area contributed by atoms with Crippen molar-refractivity contribution in [1.82, 2.24) is 0 Å². The molecule has 49 heavy (non-hydrogen) atoms. The van der Waals surface area contributed by atoms with Crippen LogP contribution in [0.2, 0.25) is 0 Å². The van der Waals surface area contributed by atoms with E-state index in [1.165, 1.54) is 186 Å². The Morgan fingerprint density at radius 3 is 1.06 bits per heavy atom. The van der Waals surface area contributed by atoms with E-state index in [1.807, 2.05) is 0 Å². The van der Waals surface area contributed by atoms with Crippen molar-refractivity contribution in [2.75, 3.05) is 7.11 Å². The minimum absolute atomic E-state index is 0.0364. The van der Waals surface area contributed by atoms with Crippen LogP contribution < -0.4 is 0 Å². The van der Waals surface area contributed by atoms with Gasteiger partial charge in [0.25, 0.3) is 0 Å². The van der Waals surface area contributed by atoms with Gasteiger partial charge in [-0.1, -0.05) is 260 Å². The lowest BCUT2D eigenvalue weighted by Gasteiger charge is -2.46. The summed E-state index contributed by atoms with van der Waals surface area (Å²) < 4.78 is 5.49. The largest absolute Gasteiger partial charge is 0.468 e. The number of esters is 1. The summed E-state index contributed by atoms with van der Waals surface area (Å²) in [5.74, 6) is -0.0364. The summed E-state index contributed by atoms with van der Waals surface area (Å²) in [7, 11) is 1.62. The number of benzene rings is 1. The number of methoxy groups -OCH3 is 1. The third kappa shape index (κ3) is 20.1. The average molecular weight is 748 g/mol. The van der Waals surface area contributed by atoms with E-state index in [2.05, 4.69) is 67.0 Å². The second-order valence-corrected chi connectivity index (χ2v) is 17.0. The molecule has 0 saturated carbocycles. The molecule has 0 bridgehead atoms. The van der Waals surface area contributed by atoms with Crippen LogP contribution in [0.5, 0.6) is 0 Å². The molecule has 286 valence electrons. The number of carbonyl (C=O) groups excluding carboxylic acids is 1. The third-order valence-corrected chi connectivity index (χ3v) is 12.8. The highest BCUT2D eigenvalue weighted by Crippen LogP contribution is 2.52. The molecule has 0 saturated heterocycles. The molecule has 0 amide bonds. The molecule has 0 spiro atoms. The van der Waals surface area contributed by atoms with Crippen molar-refractivity contribution < 1.29 is 9.53 Å². The zero-order valence-electron chi connectivity index (χ0n) is 33.4. The predicted octanol–water partition coefficient (Wildman–Crippen LogP) is 16.2. The normalized spacial score (nSPS) is 13.1. The zero-order chi connectivity index (χ0) is 35.7. The van der Waals surface area contributed by atoms with Gasteiger partial charge in [0, 0.05) is 4.32 Å². The molecule has 1 aromatic carbocycles. The number of carbonyl (C=O) groups is 1. The maximum atomic E-state index is 14.3. The van der Waals surface area contributed by atoms with Crippen LogP contribution in [-0.2, 0) is 14.9 Å². The summed E-state index contributed by atoms with van der Waals surface area (Å²) in [5.41, 5.74) is 0.482. The second-order valence-electron chi connectivity index (χ2n) is 15.5. The van der Waals surface area contributed by atoms with Gasteiger partial charge in [-0.05, 0) is 24.8 Å². The molecule has 1 rings (SSSR count). The van der Waals surface area contributed by atoms with Crippen LogP contribution in [-0.4, -0.2) is 17.4 Å². The van der Waals surface area contributed by atoms with Crippen LogP contribution >= 0.6 is 15.9 Å². The van der Waals surface area contributed by atoms with Gasteiger partial charge < -0.3 is 4.74 Å². The SMILES string of the molecule is CCCCCCCCCCCCC(Br)(CCCCCCCCCCCC)C(CCCCCCCCCCCC)(C(=O)OC)c1ccccc1. The molecule has 1 atom stereocenters. The molecular formula is C46H83BrO2. The van der Waals surface area contributed by atoms with E-state index < -0.39 is 5.41 Å². The Morgan fingerprint density at radius 1 is 0.469 bits per heavy atom. The summed E-state index contributed by atoms with van der Waals surface area (Å²) >= 11 is 4.45. The Balaban J connectivity index is 2.97. The first-order valence-electron chi connectivity index (χ1n) is 21.8. The van der Waals surface area contributed by atoms with Crippen molar-refractivity contribution in [3.63, 3.8) is 0 Å². The Hall–Kier alpha value is -0.830. The van der Waals surface area contributed by atoms with E-state index in [1.54, 1.807) is 7.11 Å². The number of alkyl halides is 1. The van der Waals surface area contributed by atoms with Crippen LogP contribution in [0.1, 0.15) is 238 Å². The zero-order valence-corrected chi connectivity index (χ0v) is 35.0. The minimum atomic E-state index is -0.665. The van der Waals surface area contributed by atoms with Gasteiger partial charge in [0.2, 0.25) is 0 Å². The van der Waals surface area contributed by atoms with Gasteiger partial charge in [-0.3, -0.25) is 4.79 Å². The first-order chi connectivity index (χ1) is 24.0. The van der Waals surface area contributed by atoms with Crippen LogP contribution in [0.3, 0.4) is 0 Å². The van der Waals surface area contributed by atoms with Crippen molar-refractivity contribution in [2.45, 2.75) is 242 Å². The molecule has 1 aromatic rings. The summed E-state index contributed by atoms with van der Waals surface area (Å²) in [6.07, 6.45) is 42.7. The van der Waals surface area contributed by atoms with Gasteiger partial charge >= 0.3 is 5.97 Å². The molecule has 0 aromatic heterocycles. The smallest absolute Gasteiger partial charge is 0.317 e.